The molecular weight excluding hydrogens is 344 g/mol. The largest absolute Gasteiger partial charge is 0.507 e. The molecule has 0 aliphatic heterocycles. The maximum atomic E-state index is 11.2. The number of hydrogen-bond acceptors (Lipinski definition) is 2. The average molecular weight is 381 g/mol. The fourth-order valence-corrected chi connectivity index (χ4v) is 3.88. The molecule has 0 amide bonds. The lowest BCUT2D eigenvalue weighted by Gasteiger charge is -2.28. The van der Waals surface area contributed by atoms with Gasteiger partial charge < -0.3 is 10.2 Å². The first-order chi connectivity index (χ1) is 12.8. The molecule has 0 spiro atoms. The van der Waals surface area contributed by atoms with E-state index in [1.165, 1.54) is 0 Å². The van der Waals surface area contributed by atoms with E-state index < -0.39 is 0 Å². The Morgan fingerprint density at radius 2 is 1.14 bits per heavy atom. The van der Waals surface area contributed by atoms with Gasteiger partial charge in [0.1, 0.15) is 11.5 Å². The van der Waals surface area contributed by atoms with Crippen molar-refractivity contribution in [3.05, 3.63) is 70.3 Å². The van der Waals surface area contributed by atoms with E-state index in [1.54, 1.807) is 0 Å². The van der Waals surface area contributed by atoms with E-state index in [0.717, 1.165) is 33.4 Å². The lowest BCUT2D eigenvalue weighted by molar-refractivity contribution is 0.428. The van der Waals surface area contributed by atoms with Crippen molar-refractivity contribution in [2.24, 2.45) is 0 Å². The number of aryl methyl sites for hydroxylation is 2. The third kappa shape index (κ3) is 4.43. The molecule has 0 fully saturated rings. The SMILES string of the molecule is C=CCC(c1cc(C)cc(C(C)(C)C)c1O)c1cc(C)cc(C(C)(C)C)c1O. The van der Waals surface area contributed by atoms with Crippen LogP contribution in [0.1, 0.15) is 87.3 Å². The van der Waals surface area contributed by atoms with Gasteiger partial charge in [-0.2, -0.15) is 0 Å². The Labute approximate surface area is 170 Å². The van der Waals surface area contributed by atoms with Crippen LogP contribution in [0.15, 0.2) is 36.9 Å². The summed E-state index contributed by atoms with van der Waals surface area (Å²) < 4.78 is 0. The van der Waals surface area contributed by atoms with Crippen molar-refractivity contribution in [2.45, 2.75) is 78.6 Å². The van der Waals surface area contributed by atoms with Crippen molar-refractivity contribution in [1.29, 1.82) is 0 Å². The smallest absolute Gasteiger partial charge is 0.123 e. The molecule has 2 aromatic rings. The van der Waals surface area contributed by atoms with Gasteiger partial charge in [0.05, 0.1) is 0 Å². The summed E-state index contributed by atoms with van der Waals surface area (Å²) in [5.41, 5.74) is 5.43. The van der Waals surface area contributed by atoms with E-state index in [9.17, 15) is 10.2 Å². The van der Waals surface area contributed by atoms with E-state index in [1.807, 2.05) is 18.2 Å². The number of allylic oxidation sites excluding steroid dienone is 1. The van der Waals surface area contributed by atoms with Gasteiger partial charge in [0.2, 0.25) is 0 Å². The lowest BCUT2D eigenvalue weighted by atomic mass is 9.77. The molecule has 2 heteroatoms. The molecule has 0 saturated carbocycles. The zero-order chi connectivity index (χ0) is 21.4. The zero-order valence-corrected chi connectivity index (χ0v) is 18.8. The quantitative estimate of drug-likeness (QED) is 0.560. The average Bonchev–Trinajstić information content (AvgIpc) is 2.54. The molecule has 0 heterocycles. The molecule has 0 aromatic heterocycles. The molecular formula is C26H36O2. The van der Waals surface area contributed by atoms with E-state index in [-0.39, 0.29) is 16.7 Å². The van der Waals surface area contributed by atoms with Crippen molar-refractivity contribution in [1.82, 2.24) is 0 Å². The van der Waals surface area contributed by atoms with E-state index >= 15 is 0 Å². The van der Waals surface area contributed by atoms with Crippen molar-refractivity contribution in [3.8, 4) is 11.5 Å². The van der Waals surface area contributed by atoms with Crippen molar-refractivity contribution in [3.63, 3.8) is 0 Å². The molecule has 0 bridgehead atoms. The molecule has 28 heavy (non-hydrogen) atoms. The van der Waals surface area contributed by atoms with Gasteiger partial charge >= 0.3 is 0 Å². The zero-order valence-electron chi connectivity index (χ0n) is 18.8. The fraction of sp³-hybridized carbons (Fsp3) is 0.462. The molecule has 0 radical (unpaired) electrons. The Bertz CT molecular complexity index is 807. The van der Waals surface area contributed by atoms with Gasteiger partial charge in [0.15, 0.2) is 0 Å². The molecule has 0 aliphatic carbocycles. The first-order valence-electron chi connectivity index (χ1n) is 10.1. The van der Waals surface area contributed by atoms with E-state index in [0.29, 0.717) is 17.9 Å². The Morgan fingerprint density at radius 3 is 1.43 bits per heavy atom. The minimum Gasteiger partial charge on any atom is -0.507 e. The summed E-state index contributed by atoms with van der Waals surface area (Å²) in [4.78, 5) is 0. The molecule has 2 aromatic carbocycles. The first-order valence-corrected chi connectivity index (χ1v) is 10.1. The summed E-state index contributed by atoms with van der Waals surface area (Å²) in [5.74, 6) is 0.492. The van der Waals surface area contributed by atoms with Gasteiger partial charge in [-0.3, -0.25) is 0 Å². The minimum absolute atomic E-state index is 0.153. The van der Waals surface area contributed by atoms with Gasteiger partial charge in [-0.1, -0.05) is 83.0 Å². The van der Waals surface area contributed by atoms with E-state index in [2.05, 4.69) is 74.1 Å². The molecule has 0 aliphatic rings. The summed E-state index contributed by atoms with van der Waals surface area (Å²) >= 11 is 0. The first kappa shape index (κ1) is 22.1. The number of rotatable bonds is 4. The number of phenolic OH excluding ortho intramolecular Hbond substituents is 2. The van der Waals surface area contributed by atoms with Crippen molar-refractivity contribution in [2.75, 3.05) is 0 Å². The molecule has 0 unspecified atom stereocenters. The highest BCUT2D eigenvalue weighted by atomic mass is 16.3. The third-order valence-corrected chi connectivity index (χ3v) is 5.34. The van der Waals surface area contributed by atoms with Crippen LogP contribution in [-0.2, 0) is 10.8 Å². The lowest BCUT2D eigenvalue weighted by Crippen LogP contribution is -2.15. The molecule has 152 valence electrons. The monoisotopic (exact) mass is 380 g/mol. The number of phenols is 2. The van der Waals surface area contributed by atoms with Crippen molar-refractivity contribution < 1.29 is 10.2 Å². The number of benzene rings is 2. The van der Waals surface area contributed by atoms with Crippen LogP contribution in [0.3, 0.4) is 0 Å². The molecule has 2 rings (SSSR count). The second-order valence-corrected chi connectivity index (χ2v) is 10.1. The van der Waals surface area contributed by atoms with Gasteiger partial charge in [-0.25, -0.2) is 0 Å². The predicted molar refractivity (Wildman–Crippen MR) is 120 cm³/mol. The summed E-state index contributed by atoms with van der Waals surface area (Å²) in [6, 6.07) is 8.19. The Kier molecular flexibility index (Phi) is 6.04. The number of aromatic hydroxyl groups is 2. The maximum absolute atomic E-state index is 11.2. The van der Waals surface area contributed by atoms with Crippen molar-refractivity contribution >= 4 is 0 Å². The minimum atomic E-state index is -0.172. The van der Waals surface area contributed by atoms with Crippen LogP contribution in [-0.4, -0.2) is 10.2 Å². The van der Waals surface area contributed by atoms with Crippen LogP contribution < -0.4 is 0 Å². The predicted octanol–water partition coefficient (Wildman–Crippen LogP) is 7.02. The van der Waals surface area contributed by atoms with Gasteiger partial charge in [-0.05, 0) is 42.2 Å². The number of hydrogen-bond donors (Lipinski definition) is 2. The summed E-state index contributed by atoms with van der Waals surface area (Å²) in [7, 11) is 0. The second-order valence-electron chi connectivity index (χ2n) is 10.1. The highest BCUT2D eigenvalue weighted by Crippen LogP contribution is 2.45. The maximum Gasteiger partial charge on any atom is 0.123 e. The normalized spacial score (nSPS) is 12.5. The highest BCUT2D eigenvalue weighted by molar-refractivity contribution is 5.56. The van der Waals surface area contributed by atoms with Gasteiger partial charge in [0, 0.05) is 17.0 Å². The van der Waals surface area contributed by atoms with Crippen LogP contribution in [0.2, 0.25) is 0 Å². The van der Waals surface area contributed by atoms with Crippen LogP contribution in [0.4, 0.5) is 0 Å². The van der Waals surface area contributed by atoms with Gasteiger partial charge in [0.25, 0.3) is 0 Å². The standard InChI is InChI=1S/C26H36O2/c1-10-11-18(19-12-16(2)14-21(23(19)27)25(4,5)6)20-13-17(3)15-22(24(20)28)26(7,8)9/h10,12-15,18,27-28H,1,11H2,2-9H3. The molecule has 2 N–H and O–H groups in total. The van der Waals surface area contributed by atoms with E-state index in [4.69, 9.17) is 0 Å². The summed E-state index contributed by atoms with van der Waals surface area (Å²) in [6.45, 7) is 20.7. The Balaban J connectivity index is 2.81. The van der Waals surface area contributed by atoms with Crippen LogP contribution in [0.25, 0.3) is 0 Å². The molecule has 0 saturated heterocycles. The molecule has 2 nitrogen and oxygen atoms in total. The summed E-state index contributed by atoms with van der Waals surface area (Å²) in [5, 5.41) is 22.4. The Hall–Kier alpha value is -2.22. The van der Waals surface area contributed by atoms with Crippen LogP contribution >= 0.6 is 0 Å². The third-order valence-electron chi connectivity index (χ3n) is 5.34. The van der Waals surface area contributed by atoms with Gasteiger partial charge in [-0.15, -0.1) is 6.58 Å². The topological polar surface area (TPSA) is 40.5 Å². The fourth-order valence-electron chi connectivity index (χ4n) is 3.88. The summed E-state index contributed by atoms with van der Waals surface area (Å²) in [6.07, 6.45) is 2.50. The molecule has 0 atom stereocenters. The van der Waals surface area contributed by atoms with Crippen LogP contribution in [0.5, 0.6) is 11.5 Å². The Morgan fingerprint density at radius 1 is 0.786 bits per heavy atom. The second kappa shape index (κ2) is 7.66. The highest BCUT2D eigenvalue weighted by Gasteiger charge is 2.29. The van der Waals surface area contributed by atoms with Crippen LogP contribution in [0, 0.1) is 13.8 Å².